The average molecular weight is 427 g/mol. The van der Waals surface area contributed by atoms with Crippen LogP contribution in [0.3, 0.4) is 0 Å². The molecular weight excluding hydrogens is 411 g/mol. The number of halogens is 3. The third kappa shape index (κ3) is 5.96. The lowest BCUT2D eigenvalue weighted by molar-refractivity contribution is -0.141. The number of carbonyl (C=O) groups excluding carboxylic acids is 2. The fraction of sp³-hybridized carbons (Fsp3) is 0.136. The lowest BCUT2D eigenvalue weighted by Crippen LogP contribution is -2.19. The van der Waals surface area contributed by atoms with Gasteiger partial charge in [0, 0.05) is 23.0 Å². The summed E-state index contributed by atoms with van der Waals surface area (Å²) in [6.45, 7) is -0.369. The molecule has 0 aliphatic rings. The third-order valence-electron chi connectivity index (χ3n) is 4.02. The van der Waals surface area contributed by atoms with Crippen molar-refractivity contribution in [2.75, 3.05) is 12.4 Å². The van der Waals surface area contributed by atoms with Crippen molar-refractivity contribution in [2.45, 2.75) is 12.7 Å². The van der Waals surface area contributed by atoms with E-state index in [2.05, 4.69) is 27.0 Å². The van der Waals surface area contributed by atoms with Crippen LogP contribution in [0.25, 0.3) is 0 Å². The van der Waals surface area contributed by atoms with Gasteiger partial charge in [0.2, 0.25) is 5.91 Å². The van der Waals surface area contributed by atoms with Gasteiger partial charge in [-0.25, -0.2) is 4.79 Å². The SMILES string of the molecule is COC(=O)c1cccc(C#Cc2cccc(NC(=O)Cn3ccc(C(F)(F)F)n3)c2)c1. The van der Waals surface area contributed by atoms with E-state index in [1.54, 1.807) is 48.5 Å². The highest BCUT2D eigenvalue weighted by Gasteiger charge is 2.33. The second kappa shape index (κ2) is 9.17. The quantitative estimate of drug-likeness (QED) is 0.509. The topological polar surface area (TPSA) is 73.2 Å². The Morgan fingerprint density at radius 3 is 2.39 bits per heavy atom. The molecule has 1 heterocycles. The molecule has 0 fully saturated rings. The minimum absolute atomic E-state index is 0.369. The number of nitrogens with one attached hydrogen (secondary N) is 1. The summed E-state index contributed by atoms with van der Waals surface area (Å²) in [6.07, 6.45) is -3.47. The maximum absolute atomic E-state index is 12.6. The number of aromatic nitrogens is 2. The summed E-state index contributed by atoms with van der Waals surface area (Å²) in [5.74, 6) is 4.86. The van der Waals surface area contributed by atoms with Crippen LogP contribution >= 0.6 is 0 Å². The first kappa shape index (κ1) is 21.6. The van der Waals surface area contributed by atoms with Crippen LogP contribution in [0.4, 0.5) is 18.9 Å². The molecule has 0 saturated heterocycles. The smallest absolute Gasteiger partial charge is 0.435 e. The van der Waals surface area contributed by atoms with Crippen molar-refractivity contribution in [2.24, 2.45) is 0 Å². The van der Waals surface area contributed by atoms with Gasteiger partial charge in [0.15, 0.2) is 5.69 Å². The highest BCUT2D eigenvalue weighted by Crippen LogP contribution is 2.27. The number of amides is 1. The molecule has 31 heavy (non-hydrogen) atoms. The summed E-state index contributed by atoms with van der Waals surface area (Å²) in [5, 5.41) is 5.94. The number of hydrogen-bond donors (Lipinski definition) is 1. The Balaban J connectivity index is 1.67. The van der Waals surface area contributed by atoms with Gasteiger partial charge in [0.1, 0.15) is 6.54 Å². The molecule has 6 nitrogen and oxygen atoms in total. The first-order valence-corrected chi connectivity index (χ1v) is 8.95. The summed E-state index contributed by atoms with van der Waals surface area (Å²) in [6, 6.07) is 14.1. The van der Waals surface area contributed by atoms with Gasteiger partial charge in [-0.15, -0.1) is 0 Å². The number of esters is 1. The normalized spacial score (nSPS) is 10.7. The average Bonchev–Trinajstić information content (AvgIpc) is 3.21. The Morgan fingerprint density at radius 2 is 1.74 bits per heavy atom. The maximum Gasteiger partial charge on any atom is 0.435 e. The van der Waals surface area contributed by atoms with Crippen molar-refractivity contribution in [3.05, 3.63) is 83.2 Å². The fourth-order valence-corrected chi connectivity index (χ4v) is 2.61. The van der Waals surface area contributed by atoms with E-state index < -0.39 is 23.7 Å². The number of anilines is 1. The van der Waals surface area contributed by atoms with E-state index in [0.29, 0.717) is 22.4 Å². The standard InChI is InChI=1S/C22H16F3N3O3/c1-31-21(30)17-6-2-4-15(12-17)8-9-16-5-3-7-18(13-16)26-20(29)14-28-11-10-19(27-28)22(23,24)25/h2-7,10-13H,14H2,1H3,(H,26,29). The van der Waals surface area contributed by atoms with Crippen LogP contribution in [0.2, 0.25) is 0 Å². The first-order chi connectivity index (χ1) is 14.7. The molecule has 1 aromatic heterocycles. The largest absolute Gasteiger partial charge is 0.465 e. The molecule has 0 aliphatic carbocycles. The molecule has 0 saturated carbocycles. The van der Waals surface area contributed by atoms with E-state index in [1.807, 2.05) is 0 Å². The molecule has 1 amide bonds. The van der Waals surface area contributed by atoms with E-state index in [4.69, 9.17) is 0 Å². The molecule has 1 N–H and O–H groups in total. The Labute approximate surface area is 175 Å². The van der Waals surface area contributed by atoms with Gasteiger partial charge in [-0.05, 0) is 42.5 Å². The van der Waals surface area contributed by atoms with Gasteiger partial charge < -0.3 is 10.1 Å². The van der Waals surface area contributed by atoms with E-state index in [0.717, 1.165) is 16.9 Å². The molecule has 0 bridgehead atoms. The van der Waals surface area contributed by atoms with Crippen LogP contribution in [0, 0.1) is 11.8 Å². The number of alkyl halides is 3. The van der Waals surface area contributed by atoms with Gasteiger partial charge >= 0.3 is 12.1 Å². The van der Waals surface area contributed by atoms with E-state index >= 15 is 0 Å². The summed E-state index contributed by atoms with van der Waals surface area (Å²) in [4.78, 5) is 23.7. The minimum atomic E-state index is -4.56. The van der Waals surface area contributed by atoms with Crippen molar-refractivity contribution in [3.8, 4) is 11.8 Å². The third-order valence-corrected chi connectivity index (χ3v) is 4.02. The fourth-order valence-electron chi connectivity index (χ4n) is 2.61. The van der Waals surface area contributed by atoms with E-state index in [1.165, 1.54) is 7.11 Å². The highest BCUT2D eigenvalue weighted by atomic mass is 19.4. The van der Waals surface area contributed by atoms with Crippen LogP contribution in [-0.2, 0) is 22.3 Å². The molecule has 158 valence electrons. The van der Waals surface area contributed by atoms with Crippen molar-refractivity contribution >= 4 is 17.6 Å². The van der Waals surface area contributed by atoms with Gasteiger partial charge in [0.05, 0.1) is 12.7 Å². The van der Waals surface area contributed by atoms with Crippen LogP contribution in [0.5, 0.6) is 0 Å². The zero-order valence-corrected chi connectivity index (χ0v) is 16.2. The number of nitrogens with zero attached hydrogens (tertiary/aromatic N) is 2. The Bertz CT molecular complexity index is 1170. The first-order valence-electron chi connectivity index (χ1n) is 8.95. The second-order valence-corrected chi connectivity index (χ2v) is 6.35. The second-order valence-electron chi connectivity index (χ2n) is 6.35. The van der Waals surface area contributed by atoms with Crippen molar-refractivity contribution < 1.29 is 27.5 Å². The summed E-state index contributed by atoms with van der Waals surface area (Å²) < 4.78 is 43.4. The number of benzene rings is 2. The maximum atomic E-state index is 12.6. The lowest BCUT2D eigenvalue weighted by Gasteiger charge is -2.06. The Hall–Kier alpha value is -4.06. The van der Waals surface area contributed by atoms with Crippen molar-refractivity contribution in [3.63, 3.8) is 0 Å². The Morgan fingerprint density at radius 1 is 1.06 bits per heavy atom. The summed E-state index contributed by atoms with van der Waals surface area (Å²) >= 11 is 0. The van der Waals surface area contributed by atoms with E-state index in [-0.39, 0.29) is 6.54 Å². The summed E-state index contributed by atoms with van der Waals surface area (Å²) in [7, 11) is 1.29. The molecule has 0 unspecified atom stereocenters. The number of ether oxygens (including phenoxy) is 1. The van der Waals surface area contributed by atoms with Gasteiger partial charge in [-0.1, -0.05) is 24.0 Å². The highest BCUT2D eigenvalue weighted by molar-refractivity contribution is 5.91. The lowest BCUT2D eigenvalue weighted by atomic mass is 10.1. The van der Waals surface area contributed by atoms with Crippen molar-refractivity contribution in [1.29, 1.82) is 0 Å². The molecule has 9 heteroatoms. The molecule has 0 spiro atoms. The number of hydrogen-bond acceptors (Lipinski definition) is 4. The van der Waals surface area contributed by atoms with Crippen molar-refractivity contribution in [1.82, 2.24) is 9.78 Å². The zero-order valence-electron chi connectivity index (χ0n) is 16.2. The van der Waals surface area contributed by atoms with Crippen LogP contribution < -0.4 is 5.32 Å². The zero-order chi connectivity index (χ0) is 22.4. The van der Waals surface area contributed by atoms with Crippen LogP contribution in [-0.4, -0.2) is 28.8 Å². The molecular formula is C22H16F3N3O3. The molecule has 2 aromatic carbocycles. The predicted molar refractivity (Wildman–Crippen MR) is 106 cm³/mol. The van der Waals surface area contributed by atoms with Gasteiger partial charge in [-0.3, -0.25) is 9.48 Å². The predicted octanol–water partition coefficient (Wildman–Crippen LogP) is 3.73. The Kier molecular flexibility index (Phi) is 6.40. The number of methoxy groups -OCH3 is 1. The molecule has 0 aliphatic heterocycles. The van der Waals surface area contributed by atoms with E-state index in [9.17, 15) is 22.8 Å². The number of carbonyl (C=O) groups is 2. The minimum Gasteiger partial charge on any atom is -0.465 e. The van der Waals surface area contributed by atoms with Gasteiger partial charge in [-0.2, -0.15) is 18.3 Å². The molecule has 3 aromatic rings. The van der Waals surface area contributed by atoms with Crippen LogP contribution in [0.15, 0.2) is 60.8 Å². The van der Waals surface area contributed by atoms with Gasteiger partial charge in [0.25, 0.3) is 0 Å². The molecule has 0 radical (unpaired) electrons. The monoisotopic (exact) mass is 427 g/mol. The molecule has 0 atom stereocenters. The van der Waals surface area contributed by atoms with Crippen LogP contribution in [0.1, 0.15) is 27.2 Å². The number of rotatable bonds is 4. The molecule has 3 rings (SSSR count). The summed E-state index contributed by atoms with van der Waals surface area (Å²) in [5.41, 5.74) is 0.955.